The highest BCUT2D eigenvalue weighted by Gasteiger charge is 2.37. The minimum absolute atomic E-state index is 0.0373. The predicted molar refractivity (Wildman–Crippen MR) is 73.1 cm³/mol. The molecule has 1 aliphatic carbocycles. The third kappa shape index (κ3) is 2.50. The molecule has 0 aromatic heterocycles. The van der Waals surface area contributed by atoms with Crippen LogP contribution in [0.1, 0.15) is 12.0 Å². The topological polar surface area (TPSA) is 58.9 Å². The number of rotatable bonds is 4. The Bertz CT molecular complexity index is 519. The Morgan fingerprint density at radius 3 is 2.68 bits per heavy atom. The molecule has 2 rings (SSSR count). The highest BCUT2D eigenvalue weighted by Crippen LogP contribution is 2.40. The van der Waals surface area contributed by atoms with Gasteiger partial charge in [-0.15, -0.1) is 0 Å². The molecule has 0 saturated heterocycles. The number of methoxy groups -OCH3 is 2. The molecule has 0 saturated carbocycles. The molecule has 0 aliphatic heterocycles. The van der Waals surface area contributed by atoms with Crippen LogP contribution in [0.2, 0.25) is 0 Å². The summed E-state index contributed by atoms with van der Waals surface area (Å²) in [6.07, 6.45) is 3.71. The van der Waals surface area contributed by atoms with Crippen LogP contribution < -0.4 is 4.74 Å². The van der Waals surface area contributed by atoms with E-state index in [0.29, 0.717) is 23.3 Å². The van der Waals surface area contributed by atoms with Crippen molar-refractivity contribution in [1.82, 2.24) is 0 Å². The molecular formula is C15H18O4. The van der Waals surface area contributed by atoms with Crippen LogP contribution in [-0.2, 0) is 4.74 Å². The van der Waals surface area contributed by atoms with Gasteiger partial charge in [0, 0.05) is 24.7 Å². The van der Waals surface area contributed by atoms with E-state index in [1.54, 1.807) is 25.3 Å². The molecule has 1 aromatic carbocycles. The predicted octanol–water partition coefficient (Wildman–Crippen LogP) is 2.30. The van der Waals surface area contributed by atoms with Gasteiger partial charge in [-0.3, -0.25) is 0 Å². The molecule has 19 heavy (non-hydrogen) atoms. The minimum Gasteiger partial charge on any atom is -0.508 e. The molecule has 2 N–H and O–H groups in total. The van der Waals surface area contributed by atoms with Gasteiger partial charge < -0.3 is 19.7 Å². The summed E-state index contributed by atoms with van der Waals surface area (Å²) < 4.78 is 10.4. The van der Waals surface area contributed by atoms with Gasteiger partial charge in [0.25, 0.3) is 0 Å². The molecule has 1 unspecified atom stereocenters. The van der Waals surface area contributed by atoms with Crippen LogP contribution >= 0.6 is 0 Å². The first-order chi connectivity index (χ1) is 9.12. The third-order valence-electron chi connectivity index (χ3n) is 3.21. The molecule has 1 aliphatic rings. The van der Waals surface area contributed by atoms with Crippen LogP contribution in [0.5, 0.6) is 5.75 Å². The minimum atomic E-state index is -1.25. The Balaban J connectivity index is 2.57. The van der Waals surface area contributed by atoms with Crippen molar-refractivity contribution in [2.45, 2.75) is 12.0 Å². The van der Waals surface area contributed by atoms with Gasteiger partial charge in [-0.2, -0.15) is 0 Å². The molecule has 0 fully saturated rings. The summed E-state index contributed by atoms with van der Waals surface area (Å²) in [6.45, 7) is 0.106. The lowest BCUT2D eigenvalue weighted by atomic mass is 9.81. The first-order valence-corrected chi connectivity index (χ1v) is 6.07. The van der Waals surface area contributed by atoms with Crippen molar-refractivity contribution in [2.75, 3.05) is 20.8 Å². The second kappa shape index (κ2) is 5.47. The van der Waals surface area contributed by atoms with Crippen LogP contribution in [-0.4, -0.2) is 36.6 Å². The molecule has 0 heterocycles. The number of allylic oxidation sites excluding steroid dienone is 1. The van der Waals surface area contributed by atoms with E-state index in [1.807, 2.05) is 18.2 Å². The van der Waals surface area contributed by atoms with Gasteiger partial charge in [0.2, 0.25) is 0 Å². The molecular weight excluding hydrogens is 244 g/mol. The highest BCUT2D eigenvalue weighted by molar-refractivity contribution is 5.80. The van der Waals surface area contributed by atoms with Crippen LogP contribution in [0.4, 0.5) is 0 Å². The summed E-state index contributed by atoms with van der Waals surface area (Å²) in [7, 11) is 3.08. The zero-order chi connectivity index (χ0) is 13.9. The Morgan fingerprint density at radius 2 is 2.00 bits per heavy atom. The summed E-state index contributed by atoms with van der Waals surface area (Å²) in [5, 5.41) is 20.9. The number of hydrogen-bond donors (Lipinski definition) is 2. The number of aliphatic hydroxyl groups is 2. The van der Waals surface area contributed by atoms with Crippen molar-refractivity contribution < 1.29 is 19.7 Å². The zero-order valence-corrected chi connectivity index (χ0v) is 11.1. The van der Waals surface area contributed by atoms with Crippen molar-refractivity contribution in [3.63, 3.8) is 0 Å². The lowest BCUT2D eigenvalue weighted by molar-refractivity contribution is 0.0136. The fourth-order valence-corrected chi connectivity index (χ4v) is 2.40. The van der Waals surface area contributed by atoms with E-state index in [-0.39, 0.29) is 12.4 Å². The number of hydrogen-bond acceptors (Lipinski definition) is 4. The molecule has 1 atom stereocenters. The summed E-state index contributed by atoms with van der Waals surface area (Å²) in [5.41, 5.74) is -0.136. The average molecular weight is 262 g/mol. The molecule has 0 bridgehead atoms. The van der Waals surface area contributed by atoms with Gasteiger partial charge >= 0.3 is 0 Å². The van der Waals surface area contributed by atoms with Crippen molar-refractivity contribution in [3.05, 3.63) is 47.7 Å². The largest absolute Gasteiger partial charge is 0.508 e. The van der Waals surface area contributed by atoms with Gasteiger partial charge in [0.15, 0.2) is 0 Å². The number of aliphatic hydroxyl groups excluding tert-OH is 1. The maximum Gasteiger partial charge on any atom is 0.126 e. The van der Waals surface area contributed by atoms with Gasteiger partial charge in [-0.25, -0.2) is 0 Å². The van der Waals surface area contributed by atoms with E-state index in [9.17, 15) is 10.2 Å². The molecule has 0 radical (unpaired) electrons. The molecule has 102 valence electrons. The van der Waals surface area contributed by atoms with Crippen LogP contribution in [0.3, 0.4) is 0 Å². The second-order valence-electron chi connectivity index (χ2n) is 4.53. The maximum atomic E-state index is 10.7. The molecule has 4 nitrogen and oxygen atoms in total. The second-order valence-corrected chi connectivity index (χ2v) is 4.53. The van der Waals surface area contributed by atoms with Gasteiger partial charge in [0.1, 0.15) is 17.1 Å². The zero-order valence-electron chi connectivity index (χ0n) is 11.1. The van der Waals surface area contributed by atoms with E-state index in [1.165, 1.54) is 7.11 Å². The van der Waals surface area contributed by atoms with E-state index < -0.39 is 5.60 Å². The lowest BCUT2D eigenvalue weighted by Crippen LogP contribution is -2.37. The molecule has 1 aromatic rings. The summed E-state index contributed by atoms with van der Waals surface area (Å²) in [5.74, 6) is 0.643. The fraction of sp³-hybridized carbons (Fsp3) is 0.333. The molecule has 0 amide bonds. The average Bonchev–Trinajstić information content (AvgIpc) is 2.39. The van der Waals surface area contributed by atoms with Crippen molar-refractivity contribution >= 4 is 5.57 Å². The van der Waals surface area contributed by atoms with E-state index in [2.05, 4.69) is 0 Å². The maximum absolute atomic E-state index is 10.7. The first kappa shape index (κ1) is 13.6. The standard InChI is InChI=1S/C15H18O4/c1-18-10-15(17)9-5-7-12(16)14(15)11-6-3-4-8-13(11)19-2/h3-8,16-17H,9-10H2,1-2H3. The van der Waals surface area contributed by atoms with Gasteiger partial charge in [0.05, 0.1) is 13.7 Å². The Morgan fingerprint density at radius 1 is 1.26 bits per heavy atom. The fourth-order valence-electron chi connectivity index (χ4n) is 2.40. The Kier molecular flexibility index (Phi) is 3.93. The van der Waals surface area contributed by atoms with Gasteiger partial charge in [-0.1, -0.05) is 24.3 Å². The van der Waals surface area contributed by atoms with Crippen molar-refractivity contribution in [3.8, 4) is 5.75 Å². The van der Waals surface area contributed by atoms with Gasteiger partial charge in [-0.05, 0) is 12.1 Å². The molecule has 4 heteroatoms. The monoisotopic (exact) mass is 262 g/mol. The van der Waals surface area contributed by atoms with E-state index >= 15 is 0 Å². The molecule has 0 spiro atoms. The summed E-state index contributed by atoms with van der Waals surface area (Å²) >= 11 is 0. The summed E-state index contributed by atoms with van der Waals surface area (Å²) in [4.78, 5) is 0. The van der Waals surface area contributed by atoms with E-state index in [0.717, 1.165) is 0 Å². The van der Waals surface area contributed by atoms with Crippen molar-refractivity contribution in [2.24, 2.45) is 0 Å². The number of para-hydroxylation sites is 1. The lowest BCUT2D eigenvalue weighted by Gasteiger charge is -2.32. The third-order valence-corrected chi connectivity index (χ3v) is 3.21. The number of ether oxygens (including phenoxy) is 2. The van der Waals surface area contributed by atoms with Crippen molar-refractivity contribution in [1.29, 1.82) is 0 Å². The Labute approximate surface area is 112 Å². The van der Waals surface area contributed by atoms with Crippen LogP contribution in [0.15, 0.2) is 42.2 Å². The van der Waals surface area contributed by atoms with Crippen LogP contribution in [0.25, 0.3) is 5.57 Å². The summed E-state index contributed by atoms with van der Waals surface area (Å²) in [6, 6.07) is 7.28. The van der Waals surface area contributed by atoms with E-state index in [4.69, 9.17) is 9.47 Å². The SMILES string of the molecule is COCC1(O)CC=CC(O)=C1c1ccccc1OC. The van der Waals surface area contributed by atoms with Crippen LogP contribution in [0, 0.1) is 0 Å². The highest BCUT2D eigenvalue weighted by atomic mass is 16.5. The quantitative estimate of drug-likeness (QED) is 0.874. The smallest absolute Gasteiger partial charge is 0.126 e. The Hall–Kier alpha value is -1.78. The number of benzene rings is 1. The normalized spacial score (nSPS) is 22.7. The first-order valence-electron chi connectivity index (χ1n) is 6.07.